The summed E-state index contributed by atoms with van der Waals surface area (Å²) >= 11 is 0. The Morgan fingerprint density at radius 2 is 1.74 bits per heavy atom. The van der Waals surface area contributed by atoms with Crippen molar-refractivity contribution in [1.82, 2.24) is 4.90 Å². The summed E-state index contributed by atoms with van der Waals surface area (Å²) in [6.07, 6.45) is -0.307. The van der Waals surface area contributed by atoms with Crippen LogP contribution in [0.2, 0.25) is 0 Å². The molecule has 0 aromatic heterocycles. The van der Waals surface area contributed by atoms with E-state index in [-0.39, 0.29) is 24.8 Å². The molecule has 0 unspecified atom stereocenters. The summed E-state index contributed by atoms with van der Waals surface area (Å²) in [5.41, 5.74) is 5.59. The van der Waals surface area contributed by atoms with Crippen molar-refractivity contribution in [3.8, 4) is 0 Å². The van der Waals surface area contributed by atoms with Gasteiger partial charge in [0.05, 0.1) is 0 Å². The average molecular weight is 280 g/mol. The molecule has 1 saturated carbocycles. The van der Waals surface area contributed by atoms with Crippen LogP contribution in [0.4, 0.5) is 13.2 Å². The highest BCUT2D eigenvalue weighted by Gasteiger charge is 2.33. The summed E-state index contributed by atoms with van der Waals surface area (Å²) in [7, 11) is 0. The number of hydrogen-bond donors (Lipinski definition) is 1. The molecule has 0 saturated heterocycles. The molecule has 2 N–H and O–H groups in total. The summed E-state index contributed by atoms with van der Waals surface area (Å²) in [6.45, 7) is 1.21. The molecule has 0 spiro atoms. The molecular weight excluding hydrogens is 257 g/mol. The molecule has 0 aromatic carbocycles. The van der Waals surface area contributed by atoms with E-state index in [1.807, 2.05) is 0 Å². The molecule has 1 aliphatic rings. The minimum Gasteiger partial charge on any atom is -0.334 e. The molecule has 3 nitrogen and oxygen atoms in total. The van der Waals surface area contributed by atoms with Gasteiger partial charge in [0.2, 0.25) is 5.91 Å². The predicted molar refractivity (Wildman–Crippen MR) is 67.4 cm³/mol. The Labute approximate surface area is 112 Å². The third-order valence-electron chi connectivity index (χ3n) is 3.87. The van der Waals surface area contributed by atoms with Gasteiger partial charge in [-0.25, -0.2) is 0 Å². The van der Waals surface area contributed by atoms with E-state index in [1.54, 1.807) is 6.92 Å². The number of halogens is 3. The molecule has 1 aliphatic carbocycles. The molecule has 0 bridgehead atoms. The first kappa shape index (κ1) is 16.3. The highest BCUT2D eigenvalue weighted by atomic mass is 19.4. The topological polar surface area (TPSA) is 46.3 Å². The number of carbonyl (C=O) groups excluding carboxylic acids is 1. The Morgan fingerprint density at radius 3 is 2.16 bits per heavy atom. The van der Waals surface area contributed by atoms with Crippen LogP contribution < -0.4 is 5.73 Å². The molecule has 1 rings (SSSR count). The SMILES string of the molecule is CCN(CC(F)(F)F)C(=O)CC1CCC(CN)CC1. The van der Waals surface area contributed by atoms with Crippen LogP contribution in [-0.2, 0) is 4.79 Å². The highest BCUT2D eigenvalue weighted by molar-refractivity contribution is 5.76. The van der Waals surface area contributed by atoms with Crippen LogP contribution in [0.1, 0.15) is 39.0 Å². The fourth-order valence-electron chi connectivity index (χ4n) is 2.64. The maximum atomic E-state index is 12.3. The number of hydrogen-bond acceptors (Lipinski definition) is 2. The summed E-state index contributed by atoms with van der Waals surface area (Å²) in [5, 5.41) is 0. The first-order chi connectivity index (χ1) is 8.85. The van der Waals surface area contributed by atoms with Crippen molar-refractivity contribution >= 4 is 5.91 Å². The van der Waals surface area contributed by atoms with Crippen LogP contribution in [-0.4, -0.2) is 36.6 Å². The van der Waals surface area contributed by atoms with Gasteiger partial charge in [0.25, 0.3) is 0 Å². The Kier molecular flexibility index (Phi) is 6.10. The van der Waals surface area contributed by atoms with E-state index in [9.17, 15) is 18.0 Å². The van der Waals surface area contributed by atoms with Crippen LogP contribution in [0.5, 0.6) is 0 Å². The second-order valence-corrected chi connectivity index (χ2v) is 5.35. The summed E-state index contributed by atoms with van der Waals surface area (Å²) in [6, 6.07) is 0. The molecule has 1 fully saturated rings. The number of amides is 1. The molecule has 0 radical (unpaired) electrons. The number of carbonyl (C=O) groups is 1. The van der Waals surface area contributed by atoms with E-state index < -0.39 is 12.7 Å². The van der Waals surface area contributed by atoms with Gasteiger partial charge >= 0.3 is 6.18 Å². The lowest BCUT2D eigenvalue weighted by Crippen LogP contribution is -2.39. The second-order valence-electron chi connectivity index (χ2n) is 5.35. The van der Waals surface area contributed by atoms with Gasteiger partial charge in [-0.2, -0.15) is 13.2 Å². The fraction of sp³-hybridized carbons (Fsp3) is 0.923. The van der Waals surface area contributed by atoms with Gasteiger partial charge in [-0.05, 0) is 51.0 Å². The number of alkyl halides is 3. The maximum absolute atomic E-state index is 12.3. The standard InChI is InChI=1S/C13H23F3N2O/c1-2-18(9-13(14,15)16)12(19)7-10-3-5-11(8-17)6-4-10/h10-11H,2-9,17H2,1H3. The monoisotopic (exact) mass is 280 g/mol. The zero-order valence-corrected chi connectivity index (χ0v) is 11.4. The van der Waals surface area contributed by atoms with E-state index in [0.29, 0.717) is 12.5 Å². The van der Waals surface area contributed by atoms with Gasteiger partial charge in [0, 0.05) is 13.0 Å². The number of rotatable bonds is 5. The maximum Gasteiger partial charge on any atom is 0.406 e. The Bertz CT molecular complexity index is 286. The van der Waals surface area contributed by atoms with E-state index >= 15 is 0 Å². The molecular formula is C13H23F3N2O. The predicted octanol–water partition coefficient (Wildman–Crippen LogP) is 2.55. The van der Waals surface area contributed by atoms with E-state index in [1.165, 1.54) is 0 Å². The molecule has 19 heavy (non-hydrogen) atoms. The van der Waals surface area contributed by atoms with Gasteiger partial charge < -0.3 is 10.6 Å². The molecule has 1 amide bonds. The minimum atomic E-state index is -4.32. The lowest BCUT2D eigenvalue weighted by molar-refractivity contribution is -0.161. The summed E-state index contributed by atoms with van der Waals surface area (Å²) in [5.74, 6) is 0.359. The number of nitrogens with zero attached hydrogens (tertiary/aromatic N) is 1. The largest absolute Gasteiger partial charge is 0.406 e. The van der Waals surface area contributed by atoms with Gasteiger partial charge in [0.1, 0.15) is 6.54 Å². The number of nitrogens with two attached hydrogens (primary N) is 1. The molecule has 0 aliphatic heterocycles. The molecule has 0 aromatic rings. The van der Waals surface area contributed by atoms with Gasteiger partial charge in [-0.3, -0.25) is 4.79 Å². The van der Waals surface area contributed by atoms with Crippen LogP contribution in [0, 0.1) is 11.8 Å². The van der Waals surface area contributed by atoms with E-state index in [2.05, 4.69) is 0 Å². The van der Waals surface area contributed by atoms with Crippen molar-refractivity contribution in [2.75, 3.05) is 19.6 Å². The fourth-order valence-corrected chi connectivity index (χ4v) is 2.64. The molecule has 6 heteroatoms. The highest BCUT2D eigenvalue weighted by Crippen LogP contribution is 2.30. The third-order valence-corrected chi connectivity index (χ3v) is 3.87. The van der Waals surface area contributed by atoms with Crippen LogP contribution in [0.3, 0.4) is 0 Å². The van der Waals surface area contributed by atoms with Crippen LogP contribution in [0.25, 0.3) is 0 Å². The minimum absolute atomic E-state index is 0.108. The van der Waals surface area contributed by atoms with Crippen LogP contribution >= 0.6 is 0 Å². The van der Waals surface area contributed by atoms with Crippen molar-refractivity contribution in [3.63, 3.8) is 0 Å². The Morgan fingerprint density at radius 1 is 1.21 bits per heavy atom. The smallest absolute Gasteiger partial charge is 0.334 e. The summed E-state index contributed by atoms with van der Waals surface area (Å²) < 4.78 is 37.0. The molecule has 0 heterocycles. The van der Waals surface area contributed by atoms with Gasteiger partial charge in [-0.15, -0.1) is 0 Å². The quantitative estimate of drug-likeness (QED) is 0.841. The first-order valence-corrected chi connectivity index (χ1v) is 6.90. The van der Waals surface area contributed by atoms with Crippen molar-refractivity contribution in [3.05, 3.63) is 0 Å². The summed E-state index contributed by atoms with van der Waals surface area (Å²) in [4.78, 5) is 12.8. The van der Waals surface area contributed by atoms with Crippen molar-refractivity contribution < 1.29 is 18.0 Å². The van der Waals surface area contributed by atoms with Crippen molar-refractivity contribution in [2.45, 2.75) is 45.2 Å². The normalized spacial score (nSPS) is 24.3. The zero-order valence-electron chi connectivity index (χ0n) is 11.4. The average Bonchev–Trinajstić information content (AvgIpc) is 2.35. The van der Waals surface area contributed by atoms with Gasteiger partial charge in [0.15, 0.2) is 0 Å². The van der Waals surface area contributed by atoms with E-state index in [0.717, 1.165) is 30.6 Å². The van der Waals surface area contributed by atoms with Gasteiger partial charge in [-0.1, -0.05) is 0 Å². The molecule has 0 atom stereocenters. The zero-order chi connectivity index (χ0) is 14.5. The van der Waals surface area contributed by atoms with Crippen LogP contribution in [0.15, 0.2) is 0 Å². The molecule has 112 valence electrons. The first-order valence-electron chi connectivity index (χ1n) is 6.90. The Hall–Kier alpha value is -0.780. The Balaban J connectivity index is 2.41. The second kappa shape index (κ2) is 7.12. The lowest BCUT2D eigenvalue weighted by atomic mass is 9.80. The lowest BCUT2D eigenvalue weighted by Gasteiger charge is -2.29. The van der Waals surface area contributed by atoms with Crippen molar-refractivity contribution in [1.29, 1.82) is 0 Å². The van der Waals surface area contributed by atoms with E-state index in [4.69, 9.17) is 5.73 Å². The van der Waals surface area contributed by atoms with Crippen molar-refractivity contribution in [2.24, 2.45) is 17.6 Å². The third kappa shape index (κ3) is 5.80.